The van der Waals surface area contributed by atoms with Gasteiger partial charge in [0.2, 0.25) is 0 Å². The van der Waals surface area contributed by atoms with Crippen molar-refractivity contribution >= 4 is 30.1 Å². The van der Waals surface area contributed by atoms with Gasteiger partial charge in [0, 0.05) is 11.1 Å². The van der Waals surface area contributed by atoms with Crippen LogP contribution in [0.4, 0.5) is 0 Å². The Hall–Kier alpha value is -3.97. The molecule has 0 heterocycles. The summed E-state index contributed by atoms with van der Waals surface area (Å²) in [5, 5.41) is 0. The molecule has 1 nitrogen and oxygen atoms in total. The summed E-state index contributed by atoms with van der Waals surface area (Å²) in [7, 11) is 0. The van der Waals surface area contributed by atoms with E-state index in [0.29, 0.717) is 11.1 Å². The predicted molar refractivity (Wildman–Crippen MR) is 127 cm³/mol. The van der Waals surface area contributed by atoms with Crippen molar-refractivity contribution in [2.75, 3.05) is 0 Å². The monoisotopic (exact) mass is 386 g/mol. The number of ketones is 1. The molecule has 0 saturated carbocycles. The molecule has 0 N–H and O–H groups in total. The Morgan fingerprint density at radius 2 is 0.800 bits per heavy atom. The molecule has 0 atom stereocenters. The SMILES string of the molecule is O=C(c1ccccc1C=Cc1ccccc1)c1ccccc1C=Cc1ccccc1. The predicted octanol–water partition coefficient (Wildman–Crippen LogP) is 7.26. The molecule has 0 aromatic heterocycles. The van der Waals surface area contributed by atoms with Crippen LogP contribution in [0.1, 0.15) is 38.2 Å². The summed E-state index contributed by atoms with van der Waals surface area (Å²) in [5.41, 5.74) is 5.42. The molecule has 0 bridgehead atoms. The number of hydrogen-bond acceptors (Lipinski definition) is 1. The molecule has 0 spiro atoms. The van der Waals surface area contributed by atoms with Crippen molar-refractivity contribution in [3.63, 3.8) is 0 Å². The van der Waals surface area contributed by atoms with Gasteiger partial charge in [-0.2, -0.15) is 0 Å². The summed E-state index contributed by atoms with van der Waals surface area (Å²) < 4.78 is 0. The lowest BCUT2D eigenvalue weighted by atomic mass is 9.94. The van der Waals surface area contributed by atoms with Crippen LogP contribution < -0.4 is 0 Å². The highest BCUT2D eigenvalue weighted by atomic mass is 16.1. The molecule has 0 aliphatic heterocycles. The Labute approximate surface area is 177 Å². The third-order valence-electron chi connectivity index (χ3n) is 4.92. The second-order valence-corrected chi connectivity index (χ2v) is 6.99. The van der Waals surface area contributed by atoms with Crippen LogP contribution in [0.25, 0.3) is 24.3 Å². The average Bonchev–Trinajstić information content (AvgIpc) is 2.83. The van der Waals surface area contributed by atoms with Crippen LogP contribution in [0.15, 0.2) is 109 Å². The Morgan fingerprint density at radius 3 is 1.23 bits per heavy atom. The topological polar surface area (TPSA) is 17.1 Å². The second-order valence-electron chi connectivity index (χ2n) is 6.99. The van der Waals surface area contributed by atoms with Gasteiger partial charge in [0.25, 0.3) is 0 Å². The normalized spacial score (nSPS) is 11.2. The summed E-state index contributed by atoms with van der Waals surface area (Å²) in [6.45, 7) is 0. The second kappa shape index (κ2) is 9.49. The lowest BCUT2D eigenvalue weighted by Gasteiger charge is -2.08. The fourth-order valence-corrected chi connectivity index (χ4v) is 3.34. The quantitative estimate of drug-likeness (QED) is 0.252. The molecule has 0 aliphatic rings. The van der Waals surface area contributed by atoms with Crippen LogP contribution in [0.5, 0.6) is 0 Å². The van der Waals surface area contributed by atoms with Crippen LogP contribution in [-0.4, -0.2) is 5.78 Å². The molecule has 4 aromatic rings. The van der Waals surface area contributed by atoms with Crippen LogP contribution in [0, 0.1) is 0 Å². The number of carbonyl (C=O) groups excluding carboxylic acids is 1. The molecule has 30 heavy (non-hydrogen) atoms. The van der Waals surface area contributed by atoms with E-state index < -0.39 is 0 Å². The van der Waals surface area contributed by atoms with Crippen LogP contribution in [0.2, 0.25) is 0 Å². The van der Waals surface area contributed by atoms with Crippen molar-refractivity contribution in [1.82, 2.24) is 0 Å². The van der Waals surface area contributed by atoms with Gasteiger partial charge in [-0.25, -0.2) is 0 Å². The van der Waals surface area contributed by atoms with E-state index in [0.717, 1.165) is 22.3 Å². The highest BCUT2D eigenvalue weighted by Crippen LogP contribution is 2.21. The fraction of sp³-hybridized carbons (Fsp3) is 0. The summed E-state index contributed by atoms with van der Waals surface area (Å²) in [6.07, 6.45) is 8.08. The zero-order valence-corrected chi connectivity index (χ0v) is 16.6. The van der Waals surface area contributed by atoms with E-state index in [9.17, 15) is 4.79 Å². The lowest BCUT2D eigenvalue weighted by molar-refractivity contribution is 0.103. The number of benzene rings is 4. The Morgan fingerprint density at radius 1 is 0.433 bits per heavy atom. The Bertz CT molecular complexity index is 1090. The minimum atomic E-state index is 0.0247. The van der Waals surface area contributed by atoms with Gasteiger partial charge in [-0.3, -0.25) is 4.79 Å². The maximum atomic E-state index is 13.4. The van der Waals surface area contributed by atoms with Crippen molar-refractivity contribution < 1.29 is 4.79 Å². The smallest absolute Gasteiger partial charge is 0.194 e. The zero-order valence-electron chi connectivity index (χ0n) is 16.6. The van der Waals surface area contributed by atoms with Crippen molar-refractivity contribution in [3.8, 4) is 0 Å². The molecule has 0 fully saturated rings. The minimum Gasteiger partial charge on any atom is -0.289 e. The van der Waals surface area contributed by atoms with Crippen LogP contribution >= 0.6 is 0 Å². The van der Waals surface area contributed by atoms with E-state index in [-0.39, 0.29) is 5.78 Å². The first-order chi connectivity index (χ1) is 14.8. The first kappa shape index (κ1) is 19.4. The van der Waals surface area contributed by atoms with Gasteiger partial charge in [-0.05, 0) is 22.3 Å². The van der Waals surface area contributed by atoms with E-state index in [1.54, 1.807) is 0 Å². The third kappa shape index (κ3) is 4.71. The number of rotatable bonds is 6. The van der Waals surface area contributed by atoms with E-state index in [2.05, 4.69) is 0 Å². The minimum absolute atomic E-state index is 0.0247. The summed E-state index contributed by atoms with van der Waals surface area (Å²) in [5.74, 6) is 0.0247. The molecule has 144 valence electrons. The molecule has 0 radical (unpaired) electrons. The van der Waals surface area contributed by atoms with E-state index >= 15 is 0 Å². The Balaban J connectivity index is 1.66. The highest BCUT2D eigenvalue weighted by Gasteiger charge is 2.14. The zero-order chi connectivity index (χ0) is 20.6. The summed E-state index contributed by atoms with van der Waals surface area (Å²) in [6, 6.07) is 35.7. The van der Waals surface area contributed by atoms with Crippen LogP contribution in [-0.2, 0) is 0 Å². The summed E-state index contributed by atoms with van der Waals surface area (Å²) >= 11 is 0. The van der Waals surface area contributed by atoms with Crippen molar-refractivity contribution in [3.05, 3.63) is 143 Å². The molecule has 4 rings (SSSR count). The summed E-state index contributed by atoms with van der Waals surface area (Å²) in [4.78, 5) is 13.4. The molecule has 0 saturated heterocycles. The standard InChI is InChI=1S/C29H22O/c30-29(27-17-9-7-15-25(27)21-19-23-11-3-1-4-12-23)28-18-10-8-16-26(28)22-20-24-13-5-2-6-14-24/h1-22H. The fourth-order valence-electron chi connectivity index (χ4n) is 3.34. The van der Waals surface area contributed by atoms with Gasteiger partial charge in [-0.1, -0.05) is 133 Å². The maximum absolute atomic E-state index is 13.4. The molecular formula is C29H22O. The maximum Gasteiger partial charge on any atom is 0.194 e. The molecule has 4 aromatic carbocycles. The largest absolute Gasteiger partial charge is 0.289 e. The third-order valence-corrected chi connectivity index (χ3v) is 4.92. The van der Waals surface area contributed by atoms with E-state index in [1.165, 1.54) is 0 Å². The van der Waals surface area contributed by atoms with Gasteiger partial charge in [0.15, 0.2) is 5.78 Å². The van der Waals surface area contributed by atoms with Gasteiger partial charge in [-0.15, -0.1) is 0 Å². The molecule has 0 aliphatic carbocycles. The van der Waals surface area contributed by atoms with Crippen molar-refractivity contribution in [1.29, 1.82) is 0 Å². The van der Waals surface area contributed by atoms with Gasteiger partial charge in [0.05, 0.1) is 0 Å². The van der Waals surface area contributed by atoms with Crippen LogP contribution in [0.3, 0.4) is 0 Å². The first-order valence-corrected chi connectivity index (χ1v) is 10.0. The van der Waals surface area contributed by atoms with Gasteiger partial charge < -0.3 is 0 Å². The molecule has 1 heteroatoms. The highest BCUT2D eigenvalue weighted by molar-refractivity contribution is 6.13. The average molecular weight is 386 g/mol. The van der Waals surface area contributed by atoms with Crippen molar-refractivity contribution in [2.45, 2.75) is 0 Å². The van der Waals surface area contributed by atoms with Crippen molar-refractivity contribution in [2.24, 2.45) is 0 Å². The lowest BCUT2D eigenvalue weighted by Crippen LogP contribution is -2.05. The molecule has 0 amide bonds. The first-order valence-electron chi connectivity index (χ1n) is 10.0. The van der Waals surface area contributed by atoms with Gasteiger partial charge in [0.1, 0.15) is 0 Å². The molecular weight excluding hydrogens is 364 g/mol. The van der Waals surface area contributed by atoms with E-state index in [4.69, 9.17) is 0 Å². The molecule has 0 unspecified atom stereocenters. The van der Waals surface area contributed by atoms with E-state index in [1.807, 2.05) is 133 Å². The number of hydrogen-bond donors (Lipinski definition) is 0. The Kier molecular flexibility index (Phi) is 6.12. The number of carbonyl (C=O) groups is 1. The van der Waals surface area contributed by atoms with Gasteiger partial charge >= 0.3 is 0 Å².